The minimum Gasteiger partial charge on any atom is -0.393 e. The lowest BCUT2D eigenvalue weighted by Crippen LogP contribution is -2.40. The second-order valence-corrected chi connectivity index (χ2v) is 5.74. The lowest BCUT2D eigenvalue weighted by atomic mass is 9.63. The Morgan fingerprint density at radius 2 is 1.81 bits per heavy atom. The first-order valence-electron chi connectivity index (χ1n) is 6.04. The maximum Gasteiger partial charge on any atom is 0.161 e. The van der Waals surface area contributed by atoms with Gasteiger partial charge in [0.1, 0.15) is 0 Å². The van der Waals surface area contributed by atoms with Gasteiger partial charge in [0.05, 0.1) is 6.10 Å². The summed E-state index contributed by atoms with van der Waals surface area (Å²) in [5, 5.41) is 9.48. The van der Waals surface area contributed by atoms with Crippen molar-refractivity contribution in [2.45, 2.75) is 60.5 Å². The Morgan fingerprint density at radius 3 is 2.19 bits per heavy atom. The Hall–Kier alpha value is -0.630. The van der Waals surface area contributed by atoms with Crippen molar-refractivity contribution in [1.82, 2.24) is 0 Å². The van der Waals surface area contributed by atoms with E-state index >= 15 is 0 Å². The van der Waals surface area contributed by atoms with Crippen molar-refractivity contribution in [3.05, 3.63) is 12.2 Å². The Balaban J connectivity index is 4.87. The molecule has 0 aromatic rings. The van der Waals surface area contributed by atoms with Gasteiger partial charge in [0, 0.05) is 5.41 Å². The van der Waals surface area contributed by atoms with E-state index in [0.717, 1.165) is 6.42 Å². The van der Waals surface area contributed by atoms with E-state index < -0.39 is 5.41 Å². The van der Waals surface area contributed by atoms with Crippen LogP contribution in [0.2, 0.25) is 0 Å². The Labute approximate surface area is 99.7 Å². The number of carbonyl (C=O) groups is 1. The molecule has 1 N–H and O–H groups in total. The van der Waals surface area contributed by atoms with Crippen molar-refractivity contribution in [3.63, 3.8) is 0 Å². The molecular formula is C14H26O2. The van der Waals surface area contributed by atoms with Crippen LogP contribution in [-0.2, 0) is 4.79 Å². The van der Waals surface area contributed by atoms with Gasteiger partial charge in [0.15, 0.2) is 5.78 Å². The quantitative estimate of drug-likeness (QED) is 0.705. The van der Waals surface area contributed by atoms with Crippen LogP contribution < -0.4 is 0 Å². The molecule has 94 valence electrons. The third-order valence-electron chi connectivity index (χ3n) is 3.62. The lowest BCUT2D eigenvalue weighted by molar-refractivity contribution is -0.129. The fourth-order valence-corrected chi connectivity index (χ4v) is 1.76. The number of aliphatic hydroxyl groups excluding tert-OH is 1. The maximum atomic E-state index is 12.1. The van der Waals surface area contributed by atoms with E-state index in [0.29, 0.717) is 6.42 Å². The average molecular weight is 226 g/mol. The molecule has 0 bridgehead atoms. The topological polar surface area (TPSA) is 37.3 Å². The van der Waals surface area contributed by atoms with Gasteiger partial charge >= 0.3 is 0 Å². The van der Waals surface area contributed by atoms with Crippen LogP contribution in [0.1, 0.15) is 54.4 Å². The zero-order valence-electron chi connectivity index (χ0n) is 11.5. The first-order chi connectivity index (χ1) is 7.15. The van der Waals surface area contributed by atoms with Crippen molar-refractivity contribution >= 4 is 5.78 Å². The fourth-order valence-electron chi connectivity index (χ4n) is 1.76. The second kappa shape index (κ2) is 5.62. The van der Waals surface area contributed by atoms with E-state index in [1.807, 2.05) is 40.7 Å². The van der Waals surface area contributed by atoms with Crippen LogP contribution >= 0.6 is 0 Å². The molecule has 2 nitrogen and oxygen atoms in total. The van der Waals surface area contributed by atoms with E-state index in [9.17, 15) is 9.90 Å². The number of hydrogen-bond donors (Lipinski definition) is 1. The molecule has 0 amide bonds. The van der Waals surface area contributed by atoms with E-state index in [2.05, 4.69) is 0 Å². The van der Waals surface area contributed by atoms with Gasteiger partial charge in [-0.15, -0.1) is 0 Å². The van der Waals surface area contributed by atoms with Crippen LogP contribution in [0.3, 0.4) is 0 Å². The molecule has 0 heterocycles. The number of hydrogen-bond acceptors (Lipinski definition) is 2. The largest absolute Gasteiger partial charge is 0.393 e. The molecule has 0 saturated carbocycles. The number of aliphatic hydroxyl groups is 1. The second-order valence-electron chi connectivity index (χ2n) is 5.74. The molecule has 0 fully saturated rings. The molecule has 0 saturated heterocycles. The molecule has 1 atom stereocenters. The Morgan fingerprint density at radius 1 is 1.31 bits per heavy atom. The van der Waals surface area contributed by atoms with Crippen molar-refractivity contribution in [1.29, 1.82) is 0 Å². The number of ketones is 1. The summed E-state index contributed by atoms with van der Waals surface area (Å²) >= 11 is 0. The van der Waals surface area contributed by atoms with Gasteiger partial charge in [-0.3, -0.25) is 4.79 Å². The number of carbonyl (C=O) groups excluding carboxylic acids is 1. The first kappa shape index (κ1) is 15.4. The highest BCUT2D eigenvalue weighted by Gasteiger charge is 2.42. The van der Waals surface area contributed by atoms with E-state index in [1.165, 1.54) is 0 Å². The van der Waals surface area contributed by atoms with Gasteiger partial charge < -0.3 is 5.11 Å². The summed E-state index contributed by atoms with van der Waals surface area (Å²) in [4.78, 5) is 12.1. The zero-order valence-corrected chi connectivity index (χ0v) is 11.5. The predicted octanol–water partition coefficient (Wildman–Crippen LogP) is 3.35. The van der Waals surface area contributed by atoms with Gasteiger partial charge in [-0.2, -0.15) is 0 Å². The summed E-state index contributed by atoms with van der Waals surface area (Å²) in [6.07, 6.45) is 4.69. The molecule has 0 aliphatic rings. The Kier molecular flexibility index (Phi) is 5.40. The molecule has 0 aromatic heterocycles. The molecule has 0 radical (unpaired) electrons. The predicted molar refractivity (Wildman–Crippen MR) is 68.3 cm³/mol. The molecule has 0 aromatic carbocycles. The summed E-state index contributed by atoms with van der Waals surface area (Å²) in [5.41, 5.74) is -0.661. The van der Waals surface area contributed by atoms with Gasteiger partial charge in [-0.25, -0.2) is 0 Å². The standard InChI is InChI=1S/C14H26O2/c1-7-8-9-12(16)14(5,6)13(3,4)10-11(2)15/h8-9,11,15H,7,10H2,1-6H3/b9-8+. The van der Waals surface area contributed by atoms with E-state index in [1.54, 1.807) is 13.0 Å². The summed E-state index contributed by atoms with van der Waals surface area (Å²) in [6, 6.07) is 0. The van der Waals surface area contributed by atoms with E-state index in [4.69, 9.17) is 0 Å². The summed E-state index contributed by atoms with van der Waals surface area (Å²) in [7, 11) is 0. The fraction of sp³-hybridized carbons (Fsp3) is 0.786. The zero-order chi connectivity index (χ0) is 13.0. The summed E-state index contributed by atoms with van der Waals surface area (Å²) in [6.45, 7) is 11.8. The van der Waals surface area contributed by atoms with Gasteiger partial charge in [-0.1, -0.05) is 40.7 Å². The minimum atomic E-state index is -0.449. The smallest absolute Gasteiger partial charge is 0.161 e. The van der Waals surface area contributed by atoms with Crippen LogP contribution in [0.25, 0.3) is 0 Å². The highest BCUT2D eigenvalue weighted by atomic mass is 16.3. The molecule has 0 aliphatic heterocycles. The van der Waals surface area contributed by atoms with Crippen molar-refractivity contribution in [3.8, 4) is 0 Å². The van der Waals surface area contributed by atoms with Crippen LogP contribution in [0.15, 0.2) is 12.2 Å². The van der Waals surface area contributed by atoms with E-state index in [-0.39, 0.29) is 17.3 Å². The van der Waals surface area contributed by atoms with Crippen LogP contribution in [-0.4, -0.2) is 17.0 Å². The molecule has 0 spiro atoms. The summed E-state index contributed by atoms with van der Waals surface area (Å²) < 4.78 is 0. The van der Waals surface area contributed by atoms with Crippen molar-refractivity contribution in [2.24, 2.45) is 10.8 Å². The first-order valence-corrected chi connectivity index (χ1v) is 6.04. The third-order valence-corrected chi connectivity index (χ3v) is 3.62. The maximum absolute atomic E-state index is 12.1. The SMILES string of the molecule is CC/C=C/C(=O)C(C)(C)C(C)(C)CC(C)O. The normalized spacial score (nSPS) is 15.4. The van der Waals surface area contributed by atoms with Gasteiger partial charge in [-0.05, 0) is 31.3 Å². The highest BCUT2D eigenvalue weighted by Crippen LogP contribution is 2.43. The minimum absolute atomic E-state index is 0.139. The van der Waals surface area contributed by atoms with Crippen molar-refractivity contribution in [2.75, 3.05) is 0 Å². The monoisotopic (exact) mass is 226 g/mol. The highest BCUT2D eigenvalue weighted by molar-refractivity contribution is 5.94. The molecular weight excluding hydrogens is 200 g/mol. The summed E-state index contributed by atoms with van der Waals surface area (Å²) in [5.74, 6) is 0.139. The van der Waals surface area contributed by atoms with Crippen LogP contribution in [0.4, 0.5) is 0 Å². The average Bonchev–Trinajstić information content (AvgIpc) is 2.11. The molecule has 16 heavy (non-hydrogen) atoms. The van der Waals surface area contributed by atoms with Gasteiger partial charge in [0.2, 0.25) is 0 Å². The lowest BCUT2D eigenvalue weighted by Gasteiger charge is -2.40. The number of rotatable bonds is 6. The van der Waals surface area contributed by atoms with Crippen molar-refractivity contribution < 1.29 is 9.90 Å². The Bertz CT molecular complexity index is 260. The van der Waals surface area contributed by atoms with Gasteiger partial charge in [0.25, 0.3) is 0 Å². The molecule has 0 rings (SSSR count). The number of allylic oxidation sites excluding steroid dienone is 2. The molecule has 2 heteroatoms. The molecule has 1 unspecified atom stereocenters. The third kappa shape index (κ3) is 3.75. The van der Waals surface area contributed by atoms with Crippen LogP contribution in [0, 0.1) is 10.8 Å². The molecule has 0 aliphatic carbocycles. The van der Waals surface area contributed by atoms with Crippen LogP contribution in [0.5, 0.6) is 0 Å².